The molecule has 0 radical (unpaired) electrons. The molecular formula is C34H39O2P. The molecule has 0 saturated carbocycles. The van der Waals surface area contributed by atoms with E-state index in [4.69, 9.17) is 0 Å². The largest absolute Gasteiger partial charge is 0.347 e. The maximum atomic E-state index is 11.1. The molecule has 0 fully saturated rings. The summed E-state index contributed by atoms with van der Waals surface area (Å²) in [5, 5.41) is 0.613. The highest BCUT2D eigenvalue weighted by molar-refractivity contribution is 7.54. The van der Waals surface area contributed by atoms with E-state index in [1.165, 1.54) is 22.3 Å². The summed E-state index contributed by atoms with van der Waals surface area (Å²) in [4.78, 5) is 22.2. The zero-order valence-corrected chi connectivity index (χ0v) is 24.2. The van der Waals surface area contributed by atoms with E-state index < -0.39 is 8.38 Å². The number of benzene rings is 4. The second-order valence-corrected chi connectivity index (χ2v) is 13.1. The van der Waals surface area contributed by atoms with Crippen LogP contribution in [0.15, 0.2) is 78.9 Å². The van der Waals surface area contributed by atoms with Crippen molar-refractivity contribution in [1.82, 2.24) is 0 Å². The lowest BCUT2D eigenvalue weighted by molar-refractivity contribution is 0.497. The van der Waals surface area contributed by atoms with Crippen molar-refractivity contribution in [3.8, 4) is 33.4 Å². The maximum Gasteiger partial charge on any atom is 0.200 e. The van der Waals surface area contributed by atoms with Gasteiger partial charge in [-0.25, -0.2) is 0 Å². The van der Waals surface area contributed by atoms with Crippen LogP contribution in [0.5, 0.6) is 0 Å². The van der Waals surface area contributed by atoms with E-state index in [-0.39, 0.29) is 10.8 Å². The van der Waals surface area contributed by atoms with Crippen LogP contribution in [0.4, 0.5) is 0 Å². The molecule has 2 nitrogen and oxygen atoms in total. The molecule has 0 bridgehead atoms. The molecule has 2 N–H and O–H groups in total. The van der Waals surface area contributed by atoms with Gasteiger partial charge >= 0.3 is 0 Å². The van der Waals surface area contributed by atoms with Crippen LogP contribution in [0.25, 0.3) is 33.4 Å². The first-order chi connectivity index (χ1) is 17.3. The molecule has 0 aromatic heterocycles. The highest BCUT2D eigenvalue weighted by atomic mass is 31.2. The summed E-state index contributed by atoms with van der Waals surface area (Å²) < 4.78 is 0. The lowest BCUT2D eigenvalue weighted by Crippen LogP contribution is -2.19. The van der Waals surface area contributed by atoms with Crippen LogP contribution in [0.3, 0.4) is 0 Å². The summed E-state index contributed by atoms with van der Waals surface area (Å²) >= 11 is 0. The zero-order valence-electron chi connectivity index (χ0n) is 23.3. The zero-order chi connectivity index (χ0) is 27.1. The SMILES string of the molecule is Cc1cccc(C(C)(C)C)c1-c1ccc(-c2ccccc2)c(P(O)O)c1-c1c(C)cccc1C(C)(C)C. The predicted octanol–water partition coefficient (Wildman–Crippen LogP) is 8.82. The van der Waals surface area contributed by atoms with Gasteiger partial charge in [-0.2, -0.15) is 0 Å². The maximum absolute atomic E-state index is 11.1. The Kier molecular flexibility index (Phi) is 7.50. The monoisotopic (exact) mass is 510 g/mol. The van der Waals surface area contributed by atoms with Crippen LogP contribution >= 0.6 is 8.38 Å². The fourth-order valence-electron chi connectivity index (χ4n) is 5.39. The molecule has 0 atom stereocenters. The summed E-state index contributed by atoms with van der Waals surface area (Å²) in [6.45, 7) is 17.7. The third-order valence-electron chi connectivity index (χ3n) is 7.14. The van der Waals surface area contributed by atoms with Gasteiger partial charge in [-0.15, -0.1) is 0 Å². The molecule has 0 amide bonds. The van der Waals surface area contributed by atoms with Gasteiger partial charge in [0.05, 0.1) is 0 Å². The molecule has 37 heavy (non-hydrogen) atoms. The Balaban J connectivity index is 2.27. The van der Waals surface area contributed by atoms with Crippen molar-refractivity contribution < 1.29 is 9.79 Å². The minimum atomic E-state index is -2.40. The first-order valence-corrected chi connectivity index (χ1v) is 14.2. The van der Waals surface area contributed by atoms with Crippen molar-refractivity contribution in [2.75, 3.05) is 0 Å². The van der Waals surface area contributed by atoms with E-state index in [9.17, 15) is 9.79 Å². The second kappa shape index (κ2) is 10.2. The van der Waals surface area contributed by atoms with Gasteiger partial charge in [0.1, 0.15) is 0 Å². The van der Waals surface area contributed by atoms with Gasteiger partial charge in [0, 0.05) is 10.9 Å². The highest BCUT2D eigenvalue weighted by Gasteiger charge is 2.30. The smallest absolute Gasteiger partial charge is 0.200 e. The van der Waals surface area contributed by atoms with Crippen molar-refractivity contribution in [3.63, 3.8) is 0 Å². The topological polar surface area (TPSA) is 40.5 Å². The highest BCUT2D eigenvalue weighted by Crippen LogP contribution is 2.48. The van der Waals surface area contributed by atoms with Gasteiger partial charge < -0.3 is 9.79 Å². The van der Waals surface area contributed by atoms with E-state index in [1.807, 2.05) is 30.3 Å². The Morgan fingerprint density at radius 1 is 0.514 bits per heavy atom. The molecule has 0 heterocycles. The lowest BCUT2D eigenvalue weighted by Gasteiger charge is -2.31. The minimum absolute atomic E-state index is 0.0847. The third-order valence-corrected chi connectivity index (χ3v) is 8.01. The van der Waals surface area contributed by atoms with Crippen molar-refractivity contribution in [1.29, 1.82) is 0 Å². The van der Waals surface area contributed by atoms with Crippen molar-refractivity contribution >= 4 is 13.7 Å². The molecule has 192 valence electrons. The summed E-state index contributed by atoms with van der Waals surface area (Å²) in [5.41, 5.74) is 10.6. The molecule has 0 aliphatic rings. The van der Waals surface area contributed by atoms with Crippen LogP contribution in [0.1, 0.15) is 63.8 Å². The molecule has 0 spiro atoms. The van der Waals surface area contributed by atoms with Gasteiger partial charge in [-0.1, -0.05) is 120 Å². The molecule has 4 aromatic rings. The Bertz CT molecular complexity index is 1420. The van der Waals surface area contributed by atoms with E-state index in [1.54, 1.807) is 0 Å². The standard InChI is InChI=1S/C34H39O2P/c1-22-14-12-18-27(33(3,4)5)29(22)26-21-20-25(24-16-10-9-11-17-24)32(37(35)36)31(26)30-23(2)15-13-19-28(30)34(6,7)8/h9-21,35-36H,1-8H3. The van der Waals surface area contributed by atoms with Gasteiger partial charge in [-0.05, 0) is 74.7 Å². The minimum Gasteiger partial charge on any atom is -0.347 e. The summed E-state index contributed by atoms with van der Waals surface area (Å²) in [5.74, 6) is 0. The second-order valence-electron chi connectivity index (χ2n) is 12.0. The van der Waals surface area contributed by atoms with E-state index in [0.29, 0.717) is 5.30 Å². The Hall–Kier alpha value is -2.77. The number of rotatable bonds is 4. The predicted molar refractivity (Wildman–Crippen MR) is 161 cm³/mol. The van der Waals surface area contributed by atoms with Gasteiger partial charge in [0.25, 0.3) is 0 Å². The normalized spacial score (nSPS) is 12.3. The van der Waals surface area contributed by atoms with Crippen LogP contribution in [0.2, 0.25) is 0 Å². The average molecular weight is 511 g/mol. The van der Waals surface area contributed by atoms with Crippen molar-refractivity contribution in [3.05, 3.63) is 101 Å². The van der Waals surface area contributed by atoms with Gasteiger partial charge in [0.15, 0.2) is 0 Å². The van der Waals surface area contributed by atoms with Gasteiger partial charge in [0.2, 0.25) is 8.38 Å². The Labute approximate surface area is 224 Å². The fraction of sp³-hybridized carbons (Fsp3) is 0.294. The summed E-state index contributed by atoms with van der Waals surface area (Å²) in [6, 6.07) is 27.2. The quantitative estimate of drug-likeness (QED) is 0.269. The van der Waals surface area contributed by atoms with Crippen LogP contribution in [-0.4, -0.2) is 9.79 Å². The molecule has 0 aliphatic heterocycles. The fourth-order valence-corrected chi connectivity index (χ4v) is 6.24. The lowest BCUT2D eigenvalue weighted by atomic mass is 9.75. The van der Waals surface area contributed by atoms with E-state index in [2.05, 4.69) is 104 Å². The molecule has 4 aromatic carbocycles. The molecular weight excluding hydrogens is 471 g/mol. The molecule has 0 aliphatic carbocycles. The average Bonchev–Trinajstić information content (AvgIpc) is 2.82. The first kappa shape index (κ1) is 27.3. The molecule has 3 heteroatoms. The Morgan fingerprint density at radius 3 is 1.51 bits per heavy atom. The molecule has 4 rings (SSSR count). The van der Waals surface area contributed by atoms with Crippen molar-refractivity contribution in [2.45, 2.75) is 66.2 Å². The van der Waals surface area contributed by atoms with Crippen molar-refractivity contribution in [2.24, 2.45) is 0 Å². The number of aryl methyl sites for hydroxylation is 2. The molecule has 0 saturated heterocycles. The summed E-state index contributed by atoms with van der Waals surface area (Å²) in [6.07, 6.45) is 0. The van der Waals surface area contributed by atoms with E-state index >= 15 is 0 Å². The van der Waals surface area contributed by atoms with Crippen LogP contribution in [-0.2, 0) is 10.8 Å². The van der Waals surface area contributed by atoms with Crippen LogP contribution in [0, 0.1) is 13.8 Å². The molecule has 0 unspecified atom stereocenters. The van der Waals surface area contributed by atoms with Gasteiger partial charge in [-0.3, -0.25) is 0 Å². The van der Waals surface area contributed by atoms with E-state index in [0.717, 1.165) is 33.4 Å². The number of hydrogen-bond acceptors (Lipinski definition) is 2. The number of hydrogen-bond donors (Lipinski definition) is 2. The summed E-state index contributed by atoms with van der Waals surface area (Å²) in [7, 11) is -2.40. The van der Waals surface area contributed by atoms with Crippen LogP contribution < -0.4 is 5.30 Å². The third kappa shape index (κ3) is 5.30. The first-order valence-electron chi connectivity index (χ1n) is 12.9. The Morgan fingerprint density at radius 2 is 1.00 bits per heavy atom.